The van der Waals surface area contributed by atoms with E-state index in [0.29, 0.717) is 20.9 Å². The van der Waals surface area contributed by atoms with Crippen LogP contribution in [0.1, 0.15) is 33.0 Å². The van der Waals surface area contributed by atoms with Crippen molar-refractivity contribution in [2.75, 3.05) is 0 Å². The fourth-order valence-electron chi connectivity index (χ4n) is 4.38. The van der Waals surface area contributed by atoms with Crippen LogP contribution in [0.4, 0.5) is 0 Å². The molecular weight excluding hydrogens is 351 g/mol. The van der Waals surface area contributed by atoms with Crippen LogP contribution >= 0.6 is 11.3 Å². The van der Waals surface area contributed by atoms with Gasteiger partial charge in [0.25, 0.3) is 0 Å². The quantitative estimate of drug-likeness (QED) is 0.532. The third kappa shape index (κ3) is 1.16. The molecule has 0 radical (unpaired) electrons. The van der Waals surface area contributed by atoms with E-state index in [4.69, 9.17) is 0 Å². The number of hydrogen-bond acceptors (Lipinski definition) is 1. The van der Waals surface area contributed by atoms with Crippen molar-refractivity contribution in [3.63, 3.8) is 0 Å². The average Bonchev–Trinajstić information content (AvgIpc) is 3.14. The summed E-state index contributed by atoms with van der Waals surface area (Å²) in [6.07, 6.45) is 2.56. The van der Waals surface area contributed by atoms with Crippen LogP contribution < -0.4 is 4.46 Å². The summed E-state index contributed by atoms with van der Waals surface area (Å²) < 4.78 is 1.73. The van der Waals surface area contributed by atoms with Crippen molar-refractivity contribution in [2.45, 2.75) is 10.2 Å². The van der Waals surface area contributed by atoms with E-state index in [-0.39, 0.29) is 4.31 Å². The Morgan fingerprint density at radius 1 is 0.864 bits per heavy atom. The number of benzene rings is 2. The van der Waals surface area contributed by atoms with Gasteiger partial charge in [0.2, 0.25) is 0 Å². The molecular formula is C20H12SSe. The Bertz CT molecular complexity index is 931. The summed E-state index contributed by atoms with van der Waals surface area (Å²) in [5, 5.41) is 2.26. The second-order valence-electron chi connectivity index (χ2n) is 6.13. The second kappa shape index (κ2) is 3.83. The zero-order chi connectivity index (χ0) is 14.3. The van der Waals surface area contributed by atoms with Gasteiger partial charge in [-0.05, 0) is 0 Å². The van der Waals surface area contributed by atoms with Crippen LogP contribution in [0.3, 0.4) is 0 Å². The van der Waals surface area contributed by atoms with Crippen molar-refractivity contribution in [3.8, 4) is 0 Å². The number of allylic oxidation sites excluding steroid dienone is 2. The van der Waals surface area contributed by atoms with E-state index in [1.807, 2.05) is 11.3 Å². The Hall–Kier alpha value is -1.60. The van der Waals surface area contributed by atoms with Gasteiger partial charge in [-0.3, -0.25) is 0 Å². The van der Waals surface area contributed by atoms with E-state index in [1.54, 1.807) is 26.0 Å². The summed E-state index contributed by atoms with van der Waals surface area (Å²) in [4.78, 5) is 1.55. The molecule has 3 aromatic rings. The summed E-state index contributed by atoms with van der Waals surface area (Å²) in [7, 11) is 0. The molecule has 2 heteroatoms. The van der Waals surface area contributed by atoms with Gasteiger partial charge in [0, 0.05) is 0 Å². The topological polar surface area (TPSA) is 0 Å². The molecule has 3 aliphatic carbocycles. The van der Waals surface area contributed by atoms with Gasteiger partial charge in [0.1, 0.15) is 0 Å². The maximum absolute atomic E-state index is 2.56. The molecule has 2 bridgehead atoms. The summed E-state index contributed by atoms with van der Waals surface area (Å²) in [5.74, 6) is 0.438. The van der Waals surface area contributed by atoms with Gasteiger partial charge in [0.15, 0.2) is 0 Å². The van der Waals surface area contributed by atoms with E-state index in [0.717, 1.165) is 0 Å². The van der Waals surface area contributed by atoms with E-state index < -0.39 is 0 Å². The predicted molar refractivity (Wildman–Crippen MR) is 93.2 cm³/mol. The normalized spacial score (nSPS) is 26.0. The van der Waals surface area contributed by atoms with Crippen molar-refractivity contribution >= 4 is 36.3 Å². The van der Waals surface area contributed by atoms with Crippen LogP contribution in [0.15, 0.2) is 66.1 Å². The molecule has 0 atom stereocenters. The van der Waals surface area contributed by atoms with Gasteiger partial charge in [-0.2, -0.15) is 0 Å². The second-order valence-corrected chi connectivity index (χ2v) is 9.68. The molecule has 1 aromatic heterocycles. The van der Waals surface area contributed by atoms with Crippen molar-refractivity contribution in [1.82, 2.24) is 0 Å². The third-order valence-corrected chi connectivity index (χ3v) is 9.64. The maximum atomic E-state index is 2.56. The predicted octanol–water partition coefficient (Wildman–Crippen LogP) is 3.88. The van der Waals surface area contributed by atoms with Crippen molar-refractivity contribution in [1.29, 1.82) is 0 Å². The van der Waals surface area contributed by atoms with E-state index in [2.05, 4.69) is 66.1 Å². The minimum atomic E-state index is 0.136. The zero-order valence-electron chi connectivity index (χ0n) is 11.7. The number of rotatable bonds is 0. The van der Waals surface area contributed by atoms with Crippen LogP contribution in [-0.2, 0) is 4.31 Å². The van der Waals surface area contributed by atoms with E-state index >= 15 is 0 Å². The van der Waals surface area contributed by atoms with Crippen LogP contribution in [-0.4, -0.2) is 15.0 Å². The molecule has 7 rings (SSSR count). The van der Waals surface area contributed by atoms with Crippen LogP contribution in [0.2, 0.25) is 0 Å². The first-order chi connectivity index (χ1) is 10.9. The average molecular weight is 363 g/mol. The molecule has 2 heterocycles. The van der Waals surface area contributed by atoms with Crippen molar-refractivity contribution < 1.29 is 0 Å². The van der Waals surface area contributed by atoms with Gasteiger partial charge in [-0.1, -0.05) is 0 Å². The monoisotopic (exact) mass is 364 g/mol. The standard InChI is InChI=1S/C20H12SSe/c1-3-7-15-12(5-1)14-11-17-19-18(9-10-21-19)22-20(15,17)16-8-4-2-6-13(14)16/h1-11,14H. The van der Waals surface area contributed by atoms with Crippen molar-refractivity contribution in [3.05, 3.63) is 93.2 Å². The molecule has 0 fully saturated rings. The zero-order valence-corrected chi connectivity index (χ0v) is 14.3. The molecule has 0 saturated carbocycles. The molecule has 0 saturated heterocycles. The Kier molecular flexibility index (Phi) is 2.07. The SMILES string of the molecule is C1=C2c3sccc3[Se]C23c2ccccc2C1c1ccccc13. The molecule has 22 heavy (non-hydrogen) atoms. The minimum absolute atomic E-state index is 0.136. The van der Waals surface area contributed by atoms with E-state index in [1.165, 1.54) is 11.1 Å². The molecule has 0 N–H and O–H groups in total. The Labute approximate surface area is 139 Å². The van der Waals surface area contributed by atoms with Gasteiger partial charge in [0.05, 0.1) is 0 Å². The van der Waals surface area contributed by atoms with Gasteiger partial charge >= 0.3 is 140 Å². The van der Waals surface area contributed by atoms with Gasteiger partial charge in [-0.15, -0.1) is 0 Å². The Morgan fingerprint density at radius 3 is 2.27 bits per heavy atom. The third-order valence-electron chi connectivity index (χ3n) is 5.20. The van der Waals surface area contributed by atoms with Crippen LogP contribution in [0.25, 0.3) is 5.57 Å². The first-order valence-corrected chi connectivity index (χ1v) is 10.2. The molecule has 104 valence electrons. The molecule has 1 spiro atoms. The molecule has 1 aliphatic heterocycles. The van der Waals surface area contributed by atoms with Gasteiger partial charge < -0.3 is 0 Å². The molecule has 4 aliphatic rings. The van der Waals surface area contributed by atoms with Crippen molar-refractivity contribution in [2.24, 2.45) is 0 Å². The first-order valence-electron chi connectivity index (χ1n) is 7.57. The summed E-state index contributed by atoms with van der Waals surface area (Å²) >= 11 is 2.37. The first kappa shape index (κ1) is 11.9. The summed E-state index contributed by atoms with van der Waals surface area (Å²) in [5.41, 5.74) is 7.79. The van der Waals surface area contributed by atoms with Gasteiger partial charge in [-0.25, -0.2) is 0 Å². The molecule has 2 aromatic carbocycles. The Morgan fingerprint density at radius 2 is 1.55 bits per heavy atom. The summed E-state index contributed by atoms with van der Waals surface area (Å²) in [6, 6.07) is 20.6. The summed E-state index contributed by atoms with van der Waals surface area (Å²) in [6.45, 7) is 0. The molecule has 0 amide bonds. The number of fused-ring (bicyclic) bond motifs is 1. The van der Waals surface area contributed by atoms with Crippen LogP contribution in [0, 0.1) is 0 Å². The van der Waals surface area contributed by atoms with E-state index in [9.17, 15) is 0 Å². The molecule has 0 nitrogen and oxygen atoms in total. The fourth-order valence-corrected chi connectivity index (χ4v) is 9.35. The number of thiophene rings is 1. The fraction of sp³-hybridized carbons (Fsp3) is 0.100. The number of hydrogen-bond donors (Lipinski definition) is 0. The molecule has 0 unspecified atom stereocenters. The van der Waals surface area contributed by atoms with Crippen LogP contribution in [0.5, 0.6) is 0 Å². The Balaban J connectivity index is 1.80.